The summed E-state index contributed by atoms with van der Waals surface area (Å²) < 4.78 is 0.529. The highest BCUT2D eigenvalue weighted by Gasteiger charge is 2.14. The fraction of sp³-hybridized carbons (Fsp3) is 0.0833. The molecule has 1 aromatic heterocycles. The van der Waals surface area contributed by atoms with Gasteiger partial charge in [0.05, 0.1) is 23.0 Å². The molecule has 0 fully saturated rings. The predicted octanol–water partition coefficient (Wildman–Crippen LogP) is 2.44. The van der Waals surface area contributed by atoms with E-state index in [0.29, 0.717) is 10.3 Å². The molecule has 1 amide bonds. The fourth-order valence-corrected chi connectivity index (χ4v) is 1.83. The molecule has 2 rings (SSSR count). The van der Waals surface area contributed by atoms with E-state index in [4.69, 9.17) is 0 Å². The van der Waals surface area contributed by atoms with Crippen LogP contribution in [0, 0.1) is 10.1 Å². The number of benzene rings is 1. The largest absolute Gasteiger partial charge is 0.372 e. The third-order valence-electron chi connectivity index (χ3n) is 2.55. The molecule has 0 atom stereocenters. The second kappa shape index (κ2) is 6.27. The van der Waals surface area contributed by atoms with E-state index in [1.54, 1.807) is 7.05 Å². The monoisotopic (exact) mass is 351 g/mol. The lowest BCUT2D eigenvalue weighted by Gasteiger charge is -2.07. The van der Waals surface area contributed by atoms with Crippen LogP contribution in [0.2, 0.25) is 0 Å². The first-order valence-corrected chi connectivity index (χ1v) is 6.55. The number of rotatable bonds is 4. The summed E-state index contributed by atoms with van der Waals surface area (Å²) in [5.41, 5.74) is 0.270. The molecule has 0 aliphatic heterocycles. The number of halogens is 1. The van der Waals surface area contributed by atoms with Crippen LogP contribution in [0.4, 0.5) is 17.2 Å². The van der Waals surface area contributed by atoms with Crippen LogP contribution in [0.25, 0.3) is 0 Å². The van der Waals surface area contributed by atoms with E-state index in [9.17, 15) is 14.9 Å². The molecule has 0 spiro atoms. The minimum absolute atomic E-state index is 0.104. The number of anilines is 2. The molecule has 1 aromatic carbocycles. The maximum atomic E-state index is 12.0. The minimum Gasteiger partial charge on any atom is -0.372 e. The van der Waals surface area contributed by atoms with Gasteiger partial charge in [0, 0.05) is 23.7 Å². The van der Waals surface area contributed by atoms with Gasteiger partial charge in [0.2, 0.25) is 0 Å². The SMILES string of the molecule is CNc1cnc(C(=O)Nc2cc([N+](=O)[O-])ccc2Br)cn1. The fourth-order valence-electron chi connectivity index (χ4n) is 1.48. The number of nitro benzene ring substituents is 1. The molecule has 0 aliphatic carbocycles. The molecule has 0 bridgehead atoms. The van der Waals surface area contributed by atoms with E-state index < -0.39 is 10.8 Å². The Kier molecular flexibility index (Phi) is 4.43. The molecular formula is C12H10BrN5O3. The van der Waals surface area contributed by atoms with Gasteiger partial charge in [-0.25, -0.2) is 9.97 Å². The minimum atomic E-state index is -0.538. The van der Waals surface area contributed by atoms with Crippen molar-refractivity contribution < 1.29 is 9.72 Å². The zero-order valence-corrected chi connectivity index (χ0v) is 12.4. The maximum absolute atomic E-state index is 12.0. The summed E-state index contributed by atoms with van der Waals surface area (Å²) in [6.45, 7) is 0. The number of carbonyl (C=O) groups excluding carboxylic acids is 1. The van der Waals surface area contributed by atoms with Crippen LogP contribution in [0.3, 0.4) is 0 Å². The molecule has 8 nitrogen and oxygen atoms in total. The van der Waals surface area contributed by atoms with Crippen molar-refractivity contribution in [1.29, 1.82) is 0 Å². The first-order chi connectivity index (χ1) is 10.0. The zero-order chi connectivity index (χ0) is 15.4. The van der Waals surface area contributed by atoms with Crippen LogP contribution in [-0.2, 0) is 0 Å². The Morgan fingerprint density at radius 2 is 2.10 bits per heavy atom. The summed E-state index contributed by atoms with van der Waals surface area (Å²) in [4.78, 5) is 30.1. The smallest absolute Gasteiger partial charge is 0.275 e. The van der Waals surface area contributed by atoms with Crippen LogP contribution in [0.15, 0.2) is 35.1 Å². The predicted molar refractivity (Wildman–Crippen MR) is 80.3 cm³/mol. The Labute approximate surface area is 127 Å². The third kappa shape index (κ3) is 3.51. The molecule has 0 saturated heterocycles. The number of amides is 1. The third-order valence-corrected chi connectivity index (χ3v) is 3.24. The summed E-state index contributed by atoms with van der Waals surface area (Å²) in [6.07, 6.45) is 2.73. The quantitative estimate of drug-likeness (QED) is 0.646. The topological polar surface area (TPSA) is 110 Å². The number of nitrogens with zero attached hydrogens (tertiary/aromatic N) is 3. The normalized spacial score (nSPS) is 10.0. The summed E-state index contributed by atoms with van der Waals surface area (Å²) in [5, 5.41) is 16.1. The standard InChI is InChI=1S/C12H10BrN5O3/c1-14-11-6-15-10(5-16-11)12(19)17-9-4-7(18(20)21)2-3-8(9)13/h2-6H,1H3,(H,14,16)(H,17,19). The van der Waals surface area contributed by atoms with Gasteiger partial charge >= 0.3 is 0 Å². The van der Waals surface area contributed by atoms with Crippen LogP contribution in [0.1, 0.15) is 10.5 Å². The van der Waals surface area contributed by atoms with E-state index in [1.807, 2.05) is 0 Å². The molecule has 0 aliphatic rings. The molecule has 2 aromatic rings. The van der Waals surface area contributed by atoms with Crippen LogP contribution in [-0.4, -0.2) is 27.8 Å². The highest BCUT2D eigenvalue weighted by Crippen LogP contribution is 2.27. The van der Waals surface area contributed by atoms with E-state index in [1.165, 1.54) is 30.6 Å². The van der Waals surface area contributed by atoms with Gasteiger partial charge in [-0.05, 0) is 22.0 Å². The molecule has 9 heteroatoms. The van der Waals surface area contributed by atoms with Crippen molar-refractivity contribution in [1.82, 2.24) is 9.97 Å². The lowest BCUT2D eigenvalue weighted by atomic mass is 10.2. The van der Waals surface area contributed by atoms with Crippen molar-refractivity contribution in [2.24, 2.45) is 0 Å². The van der Waals surface area contributed by atoms with Crippen molar-refractivity contribution in [2.75, 3.05) is 17.7 Å². The molecule has 0 unspecified atom stereocenters. The number of aromatic nitrogens is 2. The number of hydrogen-bond acceptors (Lipinski definition) is 6. The number of nitro groups is 1. The van der Waals surface area contributed by atoms with Crippen molar-refractivity contribution in [3.05, 3.63) is 50.9 Å². The number of hydrogen-bond donors (Lipinski definition) is 2. The van der Waals surface area contributed by atoms with Gasteiger partial charge in [-0.15, -0.1) is 0 Å². The Hall–Kier alpha value is -2.55. The van der Waals surface area contributed by atoms with Gasteiger partial charge in [0.15, 0.2) is 0 Å². The lowest BCUT2D eigenvalue weighted by molar-refractivity contribution is -0.384. The average Bonchev–Trinajstić information content (AvgIpc) is 2.49. The van der Waals surface area contributed by atoms with Gasteiger partial charge < -0.3 is 10.6 Å². The summed E-state index contributed by atoms with van der Waals surface area (Å²) >= 11 is 3.22. The number of carbonyl (C=O) groups is 1. The van der Waals surface area contributed by atoms with Crippen molar-refractivity contribution in [3.8, 4) is 0 Å². The van der Waals surface area contributed by atoms with Crippen LogP contribution in [0.5, 0.6) is 0 Å². The molecule has 21 heavy (non-hydrogen) atoms. The molecule has 108 valence electrons. The summed E-state index contributed by atoms with van der Waals surface area (Å²) in [7, 11) is 1.68. The average molecular weight is 352 g/mol. The second-order valence-electron chi connectivity index (χ2n) is 3.91. The second-order valence-corrected chi connectivity index (χ2v) is 4.77. The summed E-state index contributed by atoms with van der Waals surface area (Å²) in [5.74, 6) is 0.0226. The summed E-state index contributed by atoms with van der Waals surface area (Å²) in [6, 6.07) is 4.09. The zero-order valence-electron chi connectivity index (χ0n) is 10.8. The van der Waals surface area contributed by atoms with Crippen molar-refractivity contribution in [2.45, 2.75) is 0 Å². The van der Waals surface area contributed by atoms with E-state index in [2.05, 4.69) is 36.5 Å². The molecule has 0 saturated carbocycles. The Bertz CT molecular complexity index is 690. The van der Waals surface area contributed by atoms with E-state index in [0.717, 1.165) is 0 Å². The lowest BCUT2D eigenvalue weighted by Crippen LogP contribution is -2.14. The van der Waals surface area contributed by atoms with Gasteiger partial charge in [-0.1, -0.05) is 0 Å². The molecule has 1 heterocycles. The highest BCUT2D eigenvalue weighted by molar-refractivity contribution is 9.10. The van der Waals surface area contributed by atoms with Gasteiger partial charge in [-0.2, -0.15) is 0 Å². The van der Waals surface area contributed by atoms with E-state index in [-0.39, 0.29) is 17.1 Å². The van der Waals surface area contributed by atoms with Crippen LogP contribution >= 0.6 is 15.9 Å². The first kappa shape index (κ1) is 14.9. The van der Waals surface area contributed by atoms with Gasteiger partial charge in [0.1, 0.15) is 11.5 Å². The number of non-ortho nitro benzene ring substituents is 1. The Morgan fingerprint density at radius 3 is 2.67 bits per heavy atom. The first-order valence-electron chi connectivity index (χ1n) is 5.76. The van der Waals surface area contributed by atoms with Crippen molar-refractivity contribution >= 4 is 39.0 Å². The Morgan fingerprint density at radius 1 is 1.33 bits per heavy atom. The van der Waals surface area contributed by atoms with Gasteiger partial charge in [-0.3, -0.25) is 14.9 Å². The van der Waals surface area contributed by atoms with Gasteiger partial charge in [0.25, 0.3) is 11.6 Å². The molecule has 0 radical (unpaired) electrons. The Balaban J connectivity index is 2.22. The number of nitrogens with one attached hydrogen (secondary N) is 2. The van der Waals surface area contributed by atoms with Crippen molar-refractivity contribution in [3.63, 3.8) is 0 Å². The van der Waals surface area contributed by atoms with E-state index >= 15 is 0 Å². The molecule has 2 N–H and O–H groups in total. The maximum Gasteiger partial charge on any atom is 0.275 e. The highest BCUT2D eigenvalue weighted by atomic mass is 79.9. The molecular weight excluding hydrogens is 342 g/mol. The van der Waals surface area contributed by atoms with Crippen LogP contribution < -0.4 is 10.6 Å².